The van der Waals surface area contributed by atoms with E-state index < -0.39 is 0 Å². The van der Waals surface area contributed by atoms with Crippen LogP contribution >= 0.6 is 11.3 Å². The maximum absolute atomic E-state index is 11.2. The van der Waals surface area contributed by atoms with Gasteiger partial charge in [0.2, 0.25) is 0 Å². The van der Waals surface area contributed by atoms with Gasteiger partial charge in [-0.3, -0.25) is 4.79 Å². The largest absolute Gasteiger partial charge is 0.324 e. The second kappa shape index (κ2) is 5.21. The molecular weight excluding hydrogens is 232 g/mol. The maximum atomic E-state index is 11.2. The normalized spacial score (nSPS) is 10.5. The maximum Gasteiger partial charge on any atom is 0.153 e. The molecule has 88 valence electrons. The van der Waals surface area contributed by atoms with E-state index in [0.717, 1.165) is 16.3 Å². The molecule has 4 heteroatoms. The molecule has 0 radical (unpaired) electrons. The van der Waals surface area contributed by atoms with Gasteiger partial charge in [0.1, 0.15) is 5.01 Å². The Balaban J connectivity index is 2.21. The zero-order valence-corrected chi connectivity index (χ0v) is 10.5. The lowest BCUT2D eigenvalue weighted by Gasteiger charge is -1.97. The van der Waals surface area contributed by atoms with E-state index in [-0.39, 0.29) is 12.3 Å². The van der Waals surface area contributed by atoms with Gasteiger partial charge in [-0.2, -0.15) is 0 Å². The molecular formula is C13H14N2OS. The lowest BCUT2D eigenvalue weighted by Crippen LogP contribution is -2.15. The first-order valence-corrected chi connectivity index (χ1v) is 6.30. The first kappa shape index (κ1) is 12.0. The van der Waals surface area contributed by atoms with Crippen LogP contribution in [0.4, 0.5) is 0 Å². The SMILES string of the molecule is Cc1cccc(-c2csc(CC(=O)CN)n2)c1. The molecule has 0 amide bonds. The molecule has 1 heterocycles. The van der Waals surface area contributed by atoms with Gasteiger partial charge in [0.25, 0.3) is 0 Å². The van der Waals surface area contributed by atoms with Gasteiger partial charge in [-0.25, -0.2) is 4.98 Å². The van der Waals surface area contributed by atoms with Gasteiger partial charge in [-0.15, -0.1) is 11.3 Å². The summed E-state index contributed by atoms with van der Waals surface area (Å²) in [5.41, 5.74) is 8.51. The fourth-order valence-corrected chi connectivity index (χ4v) is 2.40. The highest BCUT2D eigenvalue weighted by Crippen LogP contribution is 2.22. The first-order chi connectivity index (χ1) is 8.19. The number of rotatable bonds is 4. The van der Waals surface area contributed by atoms with Crippen molar-refractivity contribution in [3.05, 3.63) is 40.2 Å². The van der Waals surface area contributed by atoms with Crippen LogP contribution in [-0.4, -0.2) is 17.3 Å². The van der Waals surface area contributed by atoms with Crippen LogP contribution in [0.1, 0.15) is 10.6 Å². The Morgan fingerprint density at radius 1 is 1.47 bits per heavy atom. The quantitative estimate of drug-likeness (QED) is 0.899. The molecule has 0 aliphatic carbocycles. The Bertz CT molecular complexity index is 534. The molecule has 3 nitrogen and oxygen atoms in total. The molecule has 0 atom stereocenters. The Morgan fingerprint density at radius 2 is 2.29 bits per heavy atom. The molecule has 2 aromatic rings. The fourth-order valence-electron chi connectivity index (χ4n) is 1.57. The van der Waals surface area contributed by atoms with E-state index in [9.17, 15) is 4.79 Å². The molecule has 17 heavy (non-hydrogen) atoms. The van der Waals surface area contributed by atoms with Gasteiger partial charge < -0.3 is 5.73 Å². The predicted molar refractivity (Wildman–Crippen MR) is 70.1 cm³/mol. The second-order valence-corrected chi connectivity index (χ2v) is 4.86. The minimum Gasteiger partial charge on any atom is -0.324 e. The Labute approximate surface area is 104 Å². The number of nitrogens with zero attached hydrogens (tertiary/aromatic N) is 1. The van der Waals surface area contributed by atoms with Crippen molar-refractivity contribution in [1.29, 1.82) is 0 Å². The summed E-state index contributed by atoms with van der Waals surface area (Å²) in [6.07, 6.45) is 0.340. The fraction of sp³-hybridized carbons (Fsp3) is 0.231. The van der Waals surface area contributed by atoms with Crippen molar-refractivity contribution in [1.82, 2.24) is 4.98 Å². The molecule has 0 fully saturated rings. The summed E-state index contributed by atoms with van der Waals surface area (Å²) in [4.78, 5) is 15.7. The topological polar surface area (TPSA) is 56.0 Å². The second-order valence-electron chi connectivity index (χ2n) is 3.92. The molecule has 0 aliphatic heterocycles. The predicted octanol–water partition coefficient (Wildman–Crippen LogP) is 2.19. The summed E-state index contributed by atoms with van der Waals surface area (Å²) in [6, 6.07) is 8.17. The minimum atomic E-state index is 0.0233. The number of carbonyl (C=O) groups excluding carboxylic acids is 1. The van der Waals surface area contributed by atoms with Crippen LogP contribution in [0.5, 0.6) is 0 Å². The van der Waals surface area contributed by atoms with E-state index in [1.807, 2.05) is 17.5 Å². The van der Waals surface area contributed by atoms with Crippen molar-refractivity contribution in [2.24, 2.45) is 5.73 Å². The highest BCUT2D eigenvalue weighted by atomic mass is 32.1. The molecule has 2 rings (SSSR count). The summed E-state index contributed by atoms with van der Waals surface area (Å²) in [5.74, 6) is 0.0233. The molecule has 0 spiro atoms. The van der Waals surface area contributed by atoms with Crippen molar-refractivity contribution in [2.45, 2.75) is 13.3 Å². The van der Waals surface area contributed by atoms with E-state index in [0.29, 0.717) is 6.42 Å². The number of aromatic nitrogens is 1. The number of thiazole rings is 1. The standard InChI is InChI=1S/C13H14N2OS/c1-9-3-2-4-10(5-9)12-8-17-13(15-12)6-11(16)7-14/h2-5,8H,6-7,14H2,1H3. The Kier molecular flexibility index (Phi) is 3.66. The number of nitrogens with two attached hydrogens (primary N) is 1. The van der Waals surface area contributed by atoms with Gasteiger partial charge >= 0.3 is 0 Å². The minimum absolute atomic E-state index is 0.0233. The summed E-state index contributed by atoms with van der Waals surface area (Å²) < 4.78 is 0. The van der Waals surface area contributed by atoms with Crippen LogP contribution < -0.4 is 5.73 Å². The highest BCUT2D eigenvalue weighted by Gasteiger charge is 2.07. The van der Waals surface area contributed by atoms with Crippen LogP contribution in [0.15, 0.2) is 29.6 Å². The molecule has 2 N–H and O–H groups in total. The van der Waals surface area contributed by atoms with Gasteiger partial charge in [0, 0.05) is 10.9 Å². The number of carbonyl (C=O) groups is 1. The van der Waals surface area contributed by atoms with Crippen LogP contribution in [0, 0.1) is 6.92 Å². The summed E-state index contributed by atoms with van der Waals surface area (Å²) in [6.45, 7) is 2.13. The monoisotopic (exact) mass is 246 g/mol. The Morgan fingerprint density at radius 3 is 3.00 bits per heavy atom. The number of hydrogen-bond donors (Lipinski definition) is 1. The zero-order chi connectivity index (χ0) is 12.3. The highest BCUT2D eigenvalue weighted by molar-refractivity contribution is 7.10. The number of hydrogen-bond acceptors (Lipinski definition) is 4. The average molecular weight is 246 g/mol. The summed E-state index contributed by atoms with van der Waals surface area (Å²) >= 11 is 1.51. The smallest absolute Gasteiger partial charge is 0.153 e. The van der Waals surface area contributed by atoms with Crippen molar-refractivity contribution in [3.8, 4) is 11.3 Å². The third kappa shape index (κ3) is 2.99. The van der Waals surface area contributed by atoms with Crippen molar-refractivity contribution < 1.29 is 4.79 Å². The van der Waals surface area contributed by atoms with Gasteiger partial charge in [-0.05, 0) is 13.0 Å². The molecule has 0 bridgehead atoms. The van der Waals surface area contributed by atoms with Crippen molar-refractivity contribution in [2.75, 3.05) is 6.54 Å². The van der Waals surface area contributed by atoms with Gasteiger partial charge in [0.05, 0.1) is 18.7 Å². The van der Waals surface area contributed by atoms with E-state index in [1.165, 1.54) is 16.9 Å². The van der Waals surface area contributed by atoms with Crippen molar-refractivity contribution >= 4 is 17.1 Å². The average Bonchev–Trinajstić information content (AvgIpc) is 2.77. The van der Waals surface area contributed by atoms with Crippen LogP contribution in [0.25, 0.3) is 11.3 Å². The molecule has 0 aliphatic rings. The van der Waals surface area contributed by atoms with Gasteiger partial charge in [-0.1, -0.05) is 23.8 Å². The van der Waals surface area contributed by atoms with E-state index in [2.05, 4.69) is 24.0 Å². The lowest BCUT2D eigenvalue weighted by molar-refractivity contribution is -0.117. The van der Waals surface area contributed by atoms with Crippen LogP contribution in [0.3, 0.4) is 0 Å². The third-order valence-corrected chi connectivity index (χ3v) is 3.29. The van der Waals surface area contributed by atoms with E-state index in [1.54, 1.807) is 0 Å². The third-order valence-electron chi connectivity index (χ3n) is 2.44. The van der Waals surface area contributed by atoms with Crippen molar-refractivity contribution in [3.63, 3.8) is 0 Å². The summed E-state index contributed by atoms with van der Waals surface area (Å²) in [5, 5.41) is 2.81. The first-order valence-electron chi connectivity index (χ1n) is 5.42. The number of aryl methyl sites for hydroxylation is 1. The zero-order valence-electron chi connectivity index (χ0n) is 9.64. The summed E-state index contributed by atoms with van der Waals surface area (Å²) in [7, 11) is 0. The lowest BCUT2D eigenvalue weighted by atomic mass is 10.1. The van der Waals surface area contributed by atoms with E-state index in [4.69, 9.17) is 5.73 Å². The molecule has 0 saturated heterocycles. The molecule has 1 aromatic heterocycles. The number of benzene rings is 1. The van der Waals surface area contributed by atoms with Crippen LogP contribution in [-0.2, 0) is 11.2 Å². The molecule has 0 unspecified atom stereocenters. The van der Waals surface area contributed by atoms with Gasteiger partial charge in [0.15, 0.2) is 5.78 Å². The van der Waals surface area contributed by atoms with E-state index >= 15 is 0 Å². The number of ketones is 1. The number of Topliss-reactive ketones (excluding diaryl/α,β-unsaturated/α-hetero) is 1. The molecule has 1 aromatic carbocycles. The van der Waals surface area contributed by atoms with Crippen LogP contribution in [0.2, 0.25) is 0 Å². The Hall–Kier alpha value is -1.52. The molecule has 0 saturated carbocycles.